The van der Waals surface area contributed by atoms with Crippen LogP contribution in [0.15, 0.2) is 59.5 Å². The van der Waals surface area contributed by atoms with Gasteiger partial charge in [0.1, 0.15) is 0 Å². The second-order valence-electron chi connectivity index (χ2n) is 7.69. The van der Waals surface area contributed by atoms with Crippen molar-refractivity contribution in [3.05, 3.63) is 60.2 Å². The highest BCUT2D eigenvalue weighted by molar-refractivity contribution is 7.92. The molecule has 2 aromatic carbocycles. The molecule has 1 heterocycles. The Bertz CT molecular complexity index is 901. The number of hydrogen-bond acceptors (Lipinski definition) is 3. The van der Waals surface area contributed by atoms with Crippen LogP contribution in [0.4, 0.5) is 5.69 Å². The normalized spacial score (nSPS) is 20.0. The van der Waals surface area contributed by atoms with Gasteiger partial charge in [0, 0.05) is 25.2 Å². The SMILES string of the molecule is CCN(c1ccccc1)S(=O)(=O)c1ccc(C(=O)N2C[C@H](C)C[C@H](C)C2)cc1. The minimum Gasteiger partial charge on any atom is -0.338 e. The van der Waals surface area contributed by atoms with Gasteiger partial charge in [-0.3, -0.25) is 9.10 Å². The fraction of sp³-hybridized carbons (Fsp3) is 0.409. The number of carbonyl (C=O) groups excluding carboxylic acids is 1. The van der Waals surface area contributed by atoms with E-state index < -0.39 is 10.0 Å². The van der Waals surface area contributed by atoms with Gasteiger partial charge in [-0.2, -0.15) is 0 Å². The maximum absolute atomic E-state index is 13.1. The third-order valence-electron chi connectivity index (χ3n) is 5.18. The topological polar surface area (TPSA) is 57.7 Å². The Hall–Kier alpha value is -2.34. The third kappa shape index (κ3) is 4.22. The molecule has 0 saturated carbocycles. The first-order valence-corrected chi connectivity index (χ1v) is 11.2. The number of rotatable bonds is 5. The Kier molecular flexibility index (Phi) is 6.08. The summed E-state index contributed by atoms with van der Waals surface area (Å²) < 4.78 is 27.5. The molecule has 1 amide bonds. The fourth-order valence-corrected chi connectivity index (χ4v) is 5.47. The maximum atomic E-state index is 13.1. The number of sulfonamides is 1. The van der Waals surface area contributed by atoms with Gasteiger partial charge in [0.2, 0.25) is 0 Å². The van der Waals surface area contributed by atoms with E-state index in [-0.39, 0.29) is 10.8 Å². The number of piperidine rings is 1. The van der Waals surface area contributed by atoms with Gasteiger partial charge in [-0.25, -0.2) is 8.42 Å². The molecule has 3 rings (SSSR count). The number of likely N-dealkylation sites (tertiary alicyclic amines) is 1. The average molecular weight is 401 g/mol. The van der Waals surface area contributed by atoms with Gasteiger partial charge in [0.05, 0.1) is 10.6 Å². The molecule has 2 aromatic rings. The van der Waals surface area contributed by atoms with Crippen molar-refractivity contribution in [2.75, 3.05) is 23.9 Å². The zero-order chi connectivity index (χ0) is 20.3. The molecule has 0 radical (unpaired) electrons. The first kappa shape index (κ1) is 20.4. The van der Waals surface area contributed by atoms with E-state index in [1.807, 2.05) is 23.1 Å². The number of nitrogens with zero attached hydrogens (tertiary/aromatic N) is 2. The van der Waals surface area contributed by atoms with Gasteiger partial charge in [0.15, 0.2) is 0 Å². The molecule has 0 aromatic heterocycles. The lowest BCUT2D eigenvalue weighted by Gasteiger charge is -2.35. The largest absolute Gasteiger partial charge is 0.338 e. The number of hydrogen-bond donors (Lipinski definition) is 0. The molecular formula is C22H28N2O3S. The summed E-state index contributed by atoms with van der Waals surface area (Å²) in [7, 11) is -3.68. The quantitative estimate of drug-likeness (QED) is 0.762. The van der Waals surface area contributed by atoms with Crippen molar-refractivity contribution < 1.29 is 13.2 Å². The molecule has 1 aliphatic rings. The van der Waals surface area contributed by atoms with E-state index in [1.54, 1.807) is 31.2 Å². The molecule has 150 valence electrons. The molecule has 0 bridgehead atoms. The lowest BCUT2D eigenvalue weighted by atomic mass is 9.91. The van der Waals surface area contributed by atoms with E-state index in [4.69, 9.17) is 0 Å². The molecule has 1 saturated heterocycles. The highest BCUT2D eigenvalue weighted by Gasteiger charge is 2.27. The Morgan fingerprint density at radius 2 is 1.57 bits per heavy atom. The van der Waals surface area contributed by atoms with E-state index in [0.29, 0.717) is 29.6 Å². The van der Waals surface area contributed by atoms with E-state index in [0.717, 1.165) is 19.5 Å². The van der Waals surface area contributed by atoms with Crippen LogP contribution < -0.4 is 4.31 Å². The predicted molar refractivity (Wildman–Crippen MR) is 112 cm³/mol. The Morgan fingerprint density at radius 1 is 1.00 bits per heavy atom. The van der Waals surface area contributed by atoms with Crippen molar-refractivity contribution in [1.82, 2.24) is 4.90 Å². The van der Waals surface area contributed by atoms with Crippen molar-refractivity contribution in [3.8, 4) is 0 Å². The number of para-hydroxylation sites is 1. The highest BCUT2D eigenvalue weighted by Crippen LogP contribution is 2.25. The monoisotopic (exact) mass is 400 g/mol. The zero-order valence-electron chi connectivity index (χ0n) is 16.7. The Morgan fingerprint density at radius 3 is 2.11 bits per heavy atom. The van der Waals surface area contributed by atoms with Gasteiger partial charge in [-0.15, -0.1) is 0 Å². The van der Waals surface area contributed by atoms with Gasteiger partial charge in [-0.05, 0) is 61.6 Å². The van der Waals surface area contributed by atoms with Crippen LogP contribution >= 0.6 is 0 Å². The second kappa shape index (κ2) is 8.35. The molecule has 2 atom stereocenters. The van der Waals surface area contributed by atoms with Crippen molar-refractivity contribution >= 4 is 21.6 Å². The summed E-state index contributed by atoms with van der Waals surface area (Å²) in [5, 5.41) is 0. The molecule has 28 heavy (non-hydrogen) atoms. The van der Waals surface area contributed by atoms with E-state index in [2.05, 4.69) is 13.8 Å². The summed E-state index contributed by atoms with van der Waals surface area (Å²) in [4.78, 5) is 14.9. The van der Waals surface area contributed by atoms with Crippen LogP contribution in [0, 0.1) is 11.8 Å². The molecule has 1 fully saturated rings. The van der Waals surface area contributed by atoms with Gasteiger partial charge >= 0.3 is 0 Å². The Labute approximate surface area is 168 Å². The molecule has 1 aliphatic heterocycles. The second-order valence-corrected chi connectivity index (χ2v) is 9.55. The smallest absolute Gasteiger partial charge is 0.264 e. The first-order valence-electron chi connectivity index (χ1n) is 9.80. The molecule has 0 aliphatic carbocycles. The number of carbonyl (C=O) groups is 1. The van der Waals surface area contributed by atoms with Crippen LogP contribution in [0.1, 0.15) is 37.6 Å². The molecule has 5 nitrogen and oxygen atoms in total. The Balaban J connectivity index is 1.82. The molecule has 0 spiro atoms. The zero-order valence-corrected chi connectivity index (χ0v) is 17.5. The van der Waals surface area contributed by atoms with Crippen molar-refractivity contribution in [3.63, 3.8) is 0 Å². The summed E-state index contributed by atoms with van der Waals surface area (Å²) in [6.07, 6.45) is 1.13. The first-order chi connectivity index (χ1) is 13.3. The van der Waals surface area contributed by atoms with Crippen molar-refractivity contribution in [1.29, 1.82) is 0 Å². The molecule has 0 unspecified atom stereocenters. The number of benzene rings is 2. The number of amides is 1. The molecule has 6 heteroatoms. The highest BCUT2D eigenvalue weighted by atomic mass is 32.2. The van der Waals surface area contributed by atoms with E-state index >= 15 is 0 Å². The minimum atomic E-state index is -3.68. The van der Waals surface area contributed by atoms with Gasteiger partial charge < -0.3 is 4.90 Å². The van der Waals surface area contributed by atoms with E-state index in [1.165, 1.54) is 16.4 Å². The summed E-state index contributed by atoms with van der Waals surface area (Å²) in [6, 6.07) is 15.3. The van der Waals surface area contributed by atoms with Gasteiger partial charge in [-0.1, -0.05) is 32.0 Å². The van der Waals surface area contributed by atoms with Gasteiger partial charge in [0.25, 0.3) is 15.9 Å². The molecular weight excluding hydrogens is 372 g/mol. The lowest BCUT2D eigenvalue weighted by molar-refractivity contribution is 0.0623. The van der Waals surface area contributed by atoms with Crippen LogP contribution in [0.25, 0.3) is 0 Å². The fourth-order valence-electron chi connectivity index (χ4n) is 3.99. The molecule has 0 N–H and O–H groups in total. The summed E-state index contributed by atoms with van der Waals surface area (Å²) in [5.41, 5.74) is 1.16. The van der Waals surface area contributed by atoms with Crippen LogP contribution in [-0.2, 0) is 10.0 Å². The standard InChI is InChI=1S/C22H28N2O3S/c1-4-24(20-8-6-5-7-9-20)28(26,27)21-12-10-19(11-13-21)22(25)23-15-17(2)14-18(3)16-23/h5-13,17-18H,4,14-16H2,1-3H3/t17-,18+. The minimum absolute atomic E-state index is 0.0299. The third-order valence-corrected chi connectivity index (χ3v) is 7.09. The van der Waals surface area contributed by atoms with Crippen LogP contribution in [0.5, 0.6) is 0 Å². The number of anilines is 1. The maximum Gasteiger partial charge on any atom is 0.264 e. The van der Waals surface area contributed by atoms with Crippen LogP contribution in [0.3, 0.4) is 0 Å². The lowest BCUT2D eigenvalue weighted by Crippen LogP contribution is -2.42. The summed E-state index contributed by atoms with van der Waals surface area (Å²) >= 11 is 0. The van der Waals surface area contributed by atoms with E-state index in [9.17, 15) is 13.2 Å². The van der Waals surface area contributed by atoms with Crippen LogP contribution in [0.2, 0.25) is 0 Å². The van der Waals surface area contributed by atoms with Crippen molar-refractivity contribution in [2.45, 2.75) is 32.1 Å². The average Bonchev–Trinajstić information content (AvgIpc) is 2.68. The van der Waals surface area contributed by atoms with Crippen LogP contribution in [-0.4, -0.2) is 38.9 Å². The summed E-state index contributed by atoms with van der Waals surface area (Å²) in [6.45, 7) is 7.96. The summed E-state index contributed by atoms with van der Waals surface area (Å²) in [5.74, 6) is 0.936. The predicted octanol–water partition coefficient (Wildman–Crippen LogP) is 4.02. The van der Waals surface area contributed by atoms with Crippen molar-refractivity contribution in [2.24, 2.45) is 11.8 Å².